The molecule has 8 heteroatoms. The van der Waals surface area contributed by atoms with Crippen LogP contribution in [0.5, 0.6) is 5.88 Å². The molecule has 4 aromatic rings. The van der Waals surface area contributed by atoms with Crippen molar-refractivity contribution in [3.63, 3.8) is 0 Å². The molecule has 6 nitrogen and oxygen atoms in total. The molecule has 0 saturated heterocycles. The van der Waals surface area contributed by atoms with Crippen molar-refractivity contribution < 1.29 is 13.5 Å². The fraction of sp³-hybridized carbons (Fsp3) is 0.0870. The van der Waals surface area contributed by atoms with E-state index in [0.29, 0.717) is 34.0 Å². The Morgan fingerprint density at radius 3 is 2.74 bits per heavy atom. The number of fused-ring (bicyclic) bond motifs is 3. The Labute approximate surface area is 182 Å². The van der Waals surface area contributed by atoms with Crippen LogP contribution in [0.3, 0.4) is 0 Å². The van der Waals surface area contributed by atoms with E-state index in [-0.39, 0.29) is 5.82 Å². The first-order valence-electron chi connectivity index (χ1n) is 9.58. The van der Waals surface area contributed by atoms with Crippen LogP contribution >= 0.6 is 11.8 Å². The van der Waals surface area contributed by atoms with Crippen LogP contribution in [0.15, 0.2) is 82.9 Å². The fourth-order valence-electron chi connectivity index (χ4n) is 3.23. The lowest BCUT2D eigenvalue weighted by Gasteiger charge is -2.16. The Morgan fingerprint density at radius 2 is 1.90 bits per heavy atom. The molecule has 0 saturated carbocycles. The summed E-state index contributed by atoms with van der Waals surface area (Å²) in [5.74, 6) is 1.90. The van der Waals surface area contributed by atoms with E-state index in [0.717, 1.165) is 16.8 Å². The first-order valence-corrected chi connectivity index (χ1v) is 10.6. The monoisotopic (exact) mass is 432 g/mol. The van der Waals surface area contributed by atoms with Crippen LogP contribution in [0, 0.1) is 5.82 Å². The molecule has 1 aliphatic rings. The minimum Gasteiger partial charge on any atom is -0.455 e. The van der Waals surface area contributed by atoms with Gasteiger partial charge in [-0.2, -0.15) is 4.98 Å². The summed E-state index contributed by atoms with van der Waals surface area (Å²) in [6, 6.07) is 17.5. The van der Waals surface area contributed by atoms with Gasteiger partial charge < -0.3 is 14.5 Å². The van der Waals surface area contributed by atoms with E-state index in [1.54, 1.807) is 18.2 Å². The molecule has 0 amide bonds. The molecule has 0 aliphatic carbocycles. The maximum absolute atomic E-state index is 13.2. The minimum absolute atomic E-state index is 0.296. The second kappa shape index (κ2) is 8.23. The molecule has 3 heterocycles. The standard InChI is InChI=1S/C23H17FN4O2S/c1-2-13-31-23-26-22-20(27-28-23)16-5-3-4-6-17(16)25-21(30-22)19-12-11-18(29-19)14-7-9-15(24)10-8-14/h2-12,21,25H,1,13H2/t21-/m0/s1. The molecule has 1 N–H and O–H groups in total. The smallest absolute Gasteiger partial charge is 0.247 e. The van der Waals surface area contributed by atoms with Gasteiger partial charge in [0.05, 0.1) is 0 Å². The van der Waals surface area contributed by atoms with E-state index in [1.807, 2.05) is 36.4 Å². The van der Waals surface area contributed by atoms with Crippen LogP contribution < -0.4 is 10.1 Å². The van der Waals surface area contributed by atoms with Crippen molar-refractivity contribution in [2.75, 3.05) is 11.1 Å². The predicted molar refractivity (Wildman–Crippen MR) is 117 cm³/mol. The van der Waals surface area contributed by atoms with Crippen LogP contribution in [-0.4, -0.2) is 20.9 Å². The lowest BCUT2D eigenvalue weighted by molar-refractivity contribution is 0.196. The predicted octanol–water partition coefficient (Wildman–Crippen LogP) is 5.72. The van der Waals surface area contributed by atoms with Crippen LogP contribution in [0.1, 0.15) is 12.0 Å². The number of anilines is 1. The molecule has 0 spiro atoms. The summed E-state index contributed by atoms with van der Waals surface area (Å²) >= 11 is 1.42. The van der Waals surface area contributed by atoms with Gasteiger partial charge in [-0.1, -0.05) is 36.0 Å². The van der Waals surface area contributed by atoms with E-state index in [1.165, 1.54) is 23.9 Å². The summed E-state index contributed by atoms with van der Waals surface area (Å²) in [6.07, 6.45) is 1.14. The fourth-order valence-corrected chi connectivity index (χ4v) is 3.75. The number of thioether (sulfide) groups is 1. The zero-order chi connectivity index (χ0) is 21.2. The largest absolute Gasteiger partial charge is 0.455 e. The summed E-state index contributed by atoms with van der Waals surface area (Å²) < 4.78 is 25.5. The molecule has 1 atom stereocenters. The van der Waals surface area contributed by atoms with Gasteiger partial charge >= 0.3 is 0 Å². The van der Waals surface area contributed by atoms with Gasteiger partial charge in [0.25, 0.3) is 0 Å². The summed E-state index contributed by atoms with van der Waals surface area (Å²) in [4.78, 5) is 4.56. The number of hydrogen-bond donors (Lipinski definition) is 1. The number of benzene rings is 2. The summed E-state index contributed by atoms with van der Waals surface area (Å²) in [6.45, 7) is 3.72. The van der Waals surface area contributed by atoms with Crippen molar-refractivity contribution >= 4 is 17.4 Å². The van der Waals surface area contributed by atoms with Crippen molar-refractivity contribution in [3.05, 3.63) is 84.9 Å². The normalized spacial score (nSPS) is 14.5. The third-order valence-corrected chi connectivity index (χ3v) is 5.51. The van der Waals surface area contributed by atoms with Gasteiger partial charge in [-0.25, -0.2) is 4.39 Å². The molecule has 0 radical (unpaired) electrons. The van der Waals surface area contributed by atoms with E-state index >= 15 is 0 Å². The minimum atomic E-state index is -0.634. The number of nitrogens with zero attached hydrogens (tertiary/aromatic N) is 3. The van der Waals surface area contributed by atoms with Gasteiger partial charge in [0.2, 0.25) is 17.3 Å². The van der Waals surface area contributed by atoms with Crippen molar-refractivity contribution in [1.29, 1.82) is 0 Å². The van der Waals surface area contributed by atoms with Crippen molar-refractivity contribution in [3.8, 4) is 28.5 Å². The van der Waals surface area contributed by atoms with Crippen LogP contribution in [0.4, 0.5) is 10.1 Å². The van der Waals surface area contributed by atoms with Gasteiger partial charge in [-0.05, 0) is 42.5 Å². The quantitative estimate of drug-likeness (QED) is 0.319. The number of nitrogens with one attached hydrogen (secondary N) is 1. The number of furan rings is 1. The maximum atomic E-state index is 13.2. The van der Waals surface area contributed by atoms with E-state index in [9.17, 15) is 4.39 Å². The van der Waals surface area contributed by atoms with E-state index < -0.39 is 6.23 Å². The van der Waals surface area contributed by atoms with Gasteiger partial charge in [-0.15, -0.1) is 16.8 Å². The topological polar surface area (TPSA) is 73.1 Å². The Morgan fingerprint density at radius 1 is 1.06 bits per heavy atom. The summed E-state index contributed by atoms with van der Waals surface area (Å²) in [5.41, 5.74) is 2.99. The molecule has 31 heavy (non-hydrogen) atoms. The SMILES string of the molecule is C=CCSc1nnc2c(n1)O[C@@H](c1ccc(-c3ccc(F)cc3)o1)Nc1ccccc1-2. The first kappa shape index (κ1) is 19.3. The average molecular weight is 432 g/mol. The first-order chi connectivity index (χ1) is 15.2. The number of aromatic nitrogens is 3. The highest BCUT2D eigenvalue weighted by atomic mass is 32.2. The second-order valence-corrected chi connectivity index (χ2v) is 7.73. The molecule has 2 aromatic heterocycles. The zero-order valence-corrected chi connectivity index (χ0v) is 17.1. The second-order valence-electron chi connectivity index (χ2n) is 6.74. The highest BCUT2D eigenvalue weighted by molar-refractivity contribution is 7.99. The number of ether oxygens (including phenoxy) is 1. The average Bonchev–Trinajstić information content (AvgIpc) is 3.22. The van der Waals surface area contributed by atoms with Crippen molar-refractivity contribution in [2.24, 2.45) is 0 Å². The molecular weight excluding hydrogens is 415 g/mol. The Balaban J connectivity index is 1.53. The molecule has 0 fully saturated rings. The third-order valence-electron chi connectivity index (χ3n) is 4.68. The van der Waals surface area contributed by atoms with Gasteiger partial charge in [0, 0.05) is 22.6 Å². The molecule has 5 rings (SSSR count). The highest BCUT2D eigenvalue weighted by Crippen LogP contribution is 2.40. The molecule has 0 bridgehead atoms. The third kappa shape index (κ3) is 3.89. The van der Waals surface area contributed by atoms with Crippen LogP contribution in [0.25, 0.3) is 22.6 Å². The van der Waals surface area contributed by atoms with Gasteiger partial charge in [0.15, 0.2) is 11.5 Å². The van der Waals surface area contributed by atoms with Gasteiger partial charge in [-0.3, -0.25) is 0 Å². The molecular formula is C23H17FN4O2S. The Kier molecular flexibility index (Phi) is 5.13. The highest BCUT2D eigenvalue weighted by Gasteiger charge is 2.28. The zero-order valence-electron chi connectivity index (χ0n) is 16.3. The number of hydrogen-bond acceptors (Lipinski definition) is 7. The Hall–Kier alpha value is -3.65. The van der Waals surface area contributed by atoms with Crippen LogP contribution in [-0.2, 0) is 0 Å². The lowest BCUT2D eigenvalue weighted by Crippen LogP contribution is -2.16. The van der Waals surface area contributed by atoms with E-state index in [4.69, 9.17) is 9.15 Å². The summed E-state index contributed by atoms with van der Waals surface area (Å²) in [7, 11) is 0. The number of rotatable bonds is 5. The van der Waals surface area contributed by atoms with Gasteiger partial charge in [0.1, 0.15) is 11.6 Å². The molecule has 154 valence electrons. The van der Waals surface area contributed by atoms with Crippen LogP contribution in [0.2, 0.25) is 0 Å². The van der Waals surface area contributed by atoms with Crippen molar-refractivity contribution in [1.82, 2.24) is 15.2 Å². The van der Waals surface area contributed by atoms with E-state index in [2.05, 4.69) is 27.1 Å². The summed E-state index contributed by atoms with van der Waals surface area (Å²) in [5, 5.41) is 12.4. The molecule has 2 aromatic carbocycles. The van der Waals surface area contributed by atoms with Crippen molar-refractivity contribution in [2.45, 2.75) is 11.4 Å². The molecule has 1 aliphatic heterocycles. The number of para-hydroxylation sites is 1. The lowest BCUT2D eigenvalue weighted by atomic mass is 10.1. The maximum Gasteiger partial charge on any atom is 0.247 e. The molecule has 0 unspecified atom stereocenters. The number of halogens is 1. The Bertz CT molecular complexity index is 1240.